The number of carbonyl (C=O) groups is 2. The van der Waals surface area contributed by atoms with Crippen molar-refractivity contribution in [3.05, 3.63) is 0 Å². The molecule has 0 bridgehead atoms. The summed E-state index contributed by atoms with van der Waals surface area (Å²) in [7, 11) is 0. The molecule has 3 aliphatic carbocycles. The fourth-order valence-electron chi connectivity index (χ4n) is 5.91. The number of amides is 2. The van der Waals surface area contributed by atoms with Gasteiger partial charge >= 0.3 is 0 Å². The van der Waals surface area contributed by atoms with E-state index in [1.165, 1.54) is 0 Å². The molecule has 3 rings (SSSR count). The molecule has 3 saturated carbocycles. The number of hydrogen-bond donors (Lipinski definition) is 3. The van der Waals surface area contributed by atoms with E-state index in [0.29, 0.717) is 38.5 Å². The van der Waals surface area contributed by atoms with Crippen LogP contribution >= 0.6 is 0 Å². The van der Waals surface area contributed by atoms with Crippen LogP contribution < -0.4 is 5.73 Å². The quantitative estimate of drug-likeness (QED) is 0.588. The van der Waals surface area contributed by atoms with Crippen molar-refractivity contribution >= 4 is 11.8 Å². The minimum absolute atomic E-state index is 0.300. The van der Waals surface area contributed by atoms with Crippen molar-refractivity contribution < 1.29 is 19.8 Å². The van der Waals surface area contributed by atoms with E-state index in [2.05, 4.69) is 0 Å². The van der Waals surface area contributed by atoms with Crippen LogP contribution in [0.3, 0.4) is 0 Å². The molecule has 4 N–H and O–H groups in total. The molecule has 0 unspecified atom stereocenters. The van der Waals surface area contributed by atoms with Gasteiger partial charge in [0.25, 0.3) is 0 Å². The molecular formula is C23H40N2O4. The Morgan fingerprint density at radius 3 is 1.31 bits per heavy atom. The zero-order chi connectivity index (χ0) is 22.0. The molecular weight excluding hydrogens is 368 g/mol. The number of rotatable bonds is 6. The first-order valence-electron chi connectivity index (χ1n) is 11.2. The third kappa shape index (κ3) is 3.60. The lowest BCUT2D eigenvalue weighted by molar-refractivity contribution is -0.209. The fourth-order valence-corrected chi connectivity index (χ4v) is 5.91. The van der Waals surface area contributed by atoms with Gasteiger partial charge in [-0.05, 0) is 62.2 Å². The van der Waals surface area contributed by atoms with E-state index in [4.69, 9.17) is 5.73 Å². The van der Waals surface area contributed by atoms with E-state index in [1.807, 2.05) is 41.5 Å². The first kappa shape index (κ1) is 22.5. The summed E-state index contributed by atoms with van der Waals surface area (Å²) < 4.78 is 0. The average molecular weight is 409 g/mol. The maximum Gasteiger partial charge on any atom is 0.238 e. The standard InChI is InChI=1S/C23H40N2O4/c1-19(2,3)15(22(28)9-7-10-22)25(18(27)21(13-14-21)17(24)26)16(20(4,5)6)23(29)11-8-12-23/h15-16,28-29H,7-14H2,1-6H3,(H2,24,26)/t15-,16-/m1/s1. The number of aliphatic hydroxyl groups is 2. The monoisotopic (exact) mass is 408 g/mol. The maximum absolute atomic E-state index is 14.0. The van der Waals surface area contributed by atoms with Gasteiger partial charge in [0, 0.05) is 0 Å². The highest BCUT2D eigenvalue weighted by atomic mass is 16.3. The van der Waals surface area contributed by atoms with Crippen LogP contribution in [0.15, 0.2) is 0 Å². The third-order valence-corrected chi connectivity index (χ3v) is 7.52. The number of primary amides is 1. The first-order chi connectivity index (χ1) is 13.1. The summed E-state index contributed by atoms with van der Waals surface area (Å²) in [6.45, 7) is 12.2. The Bertz CT molecular complexity index is 638. The fraction of sp³-hybridized carbons (Fsp3) is 0.913. The highest BCUT2D eigenvalue weighted by Gasteiger charge is 2.65. The molecule has 0 aromatic heterocycles. The highest BCUT2D eigenvalue weighted by molar-refractivity contribution is 6.07. The van der Waals surface area contributed by atoms with Crippen LogP contribution in [-0.4, -0.2) is 50.2 Å². The molecule has 2 amide bonds. The summed E-state index contributed by atoms with van der Waals surface area (Å²) in [6, 6.07) is -0.996. The van der Waals surface area contributed by atoms with Crippen molar-refractivity contribution in [2.24, 2.45) is 22.0 Å². The van der Waals surface area contributed by atoms with Crippen LogP contribution in [0.25, 0.3) is 0 Å². The van der Waals surface area contributed by atoms with Gasteiger partial charge in [0.05, 0.1) is 23.3 Å². The van der Waals surface area contributed by atoms with Crippen molar-refractivity contribution in [3.8, 4) is 0 Å². The second-order valence-corrected chi connectivity index (χ2v) is 12.1. The summed E-state index contributed by atoms with van der Waals surface area (Å²) in [5.41, 5.74) is 1.63. The van der Waals surface area contributed by atoms with Gasteiger partial charge in [-0.2, -0.15) is 0 Å². The lowest BCUT2D eigenvalue weighted by Crippen LogP contribution is -2.73. The summed E-state index contributed by atoms with van der Waals surface area (Å²) in [5.74, 6) is -0.889. The topological polar surface area (TPSA) is 104 Å². The average Bonchev–Trinajstić information content (AvgIpc) is 3.29. The number of nitrogens with zero attached hydrogens (tertiary/aromatic N) is 1. The van der Waals surface area contributed by atoms with Crippen LogP contribution in [0.4, 0.5) is 0 Å². The molecule has 0 radical (unpaired) electrons. The molecule has 2 atom stereocenters. The first-order valence-corrected chi connectivity index (χ1v) is 11.2. The minimum atomic E-state index is -1.19. The Labute approximate surface area is 175 Å². The van der Waals surface area contributed by atoms with E-state index in [0.717, 1.165) is 12.8 Å². The number of nitrogens with two attached hydrogens (primary N) is 1. The van der Waals surface area contributed by atoms with Crippen LogP contribution in [0.2, 0.25) is 0 Å². The largest absolute Gasteiger partial charge is 0.388 e. The van der Waals surface area contributed by atoms with Crippen molar-refractivity contribution in [1.82, 2.24) is 4.90 Å². The maximum atomic E-state index is 14.0. The zero-order valence-corrected chi connectivity index (χ0v) is 19.0. The summed E-state index contributed by atoms with van der Waals surface area (Å²) in [4.78, 5) is 28.1. The summed E-state index contributed by atoms with van der Waals surface area (Å²) in [6.07, 6.45) is 5.21. The zero-order valence-electron chi connectivity index (χ0n) is 19.0. The molecule has 0 aromatic carbocycles. The van der Waals surface area contributed by atoms with E-state index in [9.17, 15) is 19.8 Å². The summed E-state index contributed by atoms with van der Waals surface area (Å²) in [5, 5.41) is 23.1. The van der Waals surface area contributed by atoms with Gasteiger partial charge in [0.2, 0.25) is 11.8 Å². The second-order valence-electron chi connectivity index (χ2n) is 12.1. The highest BCUT2D eigenvalue weighted by Crippen LogP contribution is 2.55. The molecule has 166 valence electrons. The van der Waals surface area contributed by atoms with Gasteiger partial charge in [-0.15, -0.1) is 0 Å². The predicted octanol–water partition coefficient (Wildman–Crippen LogP) is 2.74. The van der Waals surface area contributed by atoms with Crippen LogP contribution in [0.1, 0.15) is 92.9 Å². The lowest BCUT2D eigenvalue weighted by Gasteiger charge is -2.61. The third-order valence-electron chi connectivity index (χ3n) is 7.52. The van der Waals surface area contributed by atoms with Crippen LogP contribution in [0.5, 0.6) is 0 Å². The molecule has 3 fully saturated rings. The van der Waals surface area contributed by atoms with Gasteiger partial charge in [-0.3, -0.25) is 9.59 Å². The van der Waals surface area contributed by atoms with E-state index in [-0.39, 0.29) is 5.91 Å². The second kappa shape index (κ2) is 6.68. The van der Waals surface area contributed by atoms with Crippen molar-refractivity contribution in [3.63, 3.8) is 0 Å². The Morgan fingerprint density at radius 2 is 1.14 bits per heavy atom. The minimum Gasteiger partial charge on any atom is -0.388 e. The van der Waals surface area contributed by atoms with E-state index < -0.39 is 45.4 Å². The van der Waals surface area contributed by atoms with Gasteiger partial charge in [0.15, 0.2) is 0 Å². The molecule has 0 aliphatic heterocycles. The van der Waals surface area contributed by atoms with Crippen LogP contribution in [-0.2, 0) is 9.59 Å². The van der Waals surface area contributed by atoms with Crippen molar-refractivity contribution in [2.45, 2.75) is 116 Å². The van der Waals surface area contributed by atoms with Gasteiger partial charge in [-0.1, -0.05) is 41.5 Å². The molecule has 6 nitrogen and oxygen atoms in total. The molecule has 0 heterocycles. The smallest absolute Gasteiger partial charge is 0.238 e. The molecule has 3 aliphatic rings. The lowest BCUT2D eigenvalue weighted by atomic mass is 9.61. The SMILES string of the molecule is CC(C)(C)[C@@H](N(C(=O)C1(C(N)=O)CC1)[C@H](C(C)(C)C)C1(O)CCC1)C1(O)CCC1. The Morgan fingerprint density at radius 1 is 0.793 bits per heavy atom. The normalized spacial score (nSPS) is 26.5. The van der Waals surface area contributed by atoms with E-state index >= 15 is 0 Å². The predicted molar refractivity (Wildman–Crippen MR) is 112 cm³/mol. The van der Waals surface area contributed by atoms with Crippen molar-refractivity contribution in [1.29, 1.82) is 0 Å². The van der Waals surface area contributed by atoms with Gasteiger partial charge < -0.3 is 20.8 Å². The number of carbonyl (C=O) groups excluding carboxylic acids is 2. The molecule has 29 heavy (non-hydrogen) atoms. The Balaban J connectivity index is 2.18. The summed E-state index contributed by atoms with van der Waals surface area (Å²) >= 11 is 0. The van der Waals surface area contributed by atoms with Crippen LogP contribution in [0, 0.1) is 16.2 Å². The molecule has 0 aromatic rings. The van der Waals surface area contributed by atoms with Crippen molar-refractivity contribution in [2.75, 3.05) is 0 Å². The van der Waals surface area contributed by atoms with E-state index in [1.54, 1.807) is 4.90 Å². The van der Waals surface area contributed by atoms with Gasteiger partial charge in [0.1, 0.15) is 5.41 Å². The molecule has 6 heteroatoms. The van der Waals surface area contributed by atoms with Gasteiger partial charge in [-0.25, -0.2) is 0 Å². The Hall–Kier alpha value is -1.14. The number of hydrogen-bond acceptors (Lipinski definition) is 4. The molecule has 0 saturated heterocycles. The Kier molecular flexibility index (Phi) is 5.19. The molecule has 0 spiro atoms.